The van der Waals surface area contributed by atoms with Crippen molar-refractivity contribution in [1.82, 2.24) is 4.90 Å². The Balaban J connectivity index is 1.55. The molecule has 0 radical (unpaired) electrons. The normalized spacial score (nSPS) is 14.7. The highest BCUT2D eigenvalue weighted by molar-refractivity contribution is 8.18. The average molecular weight is 494 g/mol. The zero-order valence-corrected chi connectivity index (χ0v) is 20.5. The summed E-state index contributed by atoms with van der Waals surface area (Å²) in [5.74, 6) is 0.599. The fourth-order valence-corrected chi connectivity index (χ4v) is 4.58. The lowest BCUT2D eigenvalue weighted by molar-refractivity contribution is -0.123. The van der Waals surface area contributed by atoms with E-state index in [0.717, 1.165) is 28.5 Å². The van der Waals surface area contributed by atoms with Gasteiger partial charge in [-0.15, -0.1) is 0 Å². The lowest BCUT2D eigenvalue weighted by Gasteiger charge is -2.15. The SMILES string of the molecule is CCOc1cc(/C=C2\SC(=O)N(Cc3ccc(C)cc3)C2=O)cc(Cl)c1OCc1ccccc1. The van der Waals surface area contributed by atoms with Crippen LogP contribution in [0.5, 0.6) is 11.5 Å². The van der Waals surface area contributed by atoms with Crippen LogP contribution in [0.3, 0.4) is 0 Å². The molecular formula is C27H24ClNO4S. The van der Waals surface area contributed by atoms with Crippen molar-refractivity contribution < 1.29 is 19.1 Å². The molecule has 0 saturated carbocycles. The number of hydrogen-bond acceptors (Lipinski definition) is 5. The zero-order chi connectivity index (χ0) is 24.1. The van der Waals surface area contributed by atoms with Crippen LogP contribution in [0.25, 0.3) is 6.08 Å². The lowest BCUT2D eigenvalue weighted by Crippen LogP contribution is -2.27. The third kappa shape index (κ3) is 5.64. The van der Waals surface area contributed by atoms with Crippen LogP contribution in [-0.4, -0.2) is 22.7 Å². The Morgan fingerprint density at radius 1 is 0.971 bits per heavy atom. The summed E-state index contributed by atoms with van der Waals surface area (Å²) in [5.41, 5.74) is 3.68. The number of amides is 2. The standard InChI is InChI=1S/C27H24ClNO4S/c1-3-32-23-14-21(13-22(28)25(23)33-17-20-7-5-4-6-8-20)15-24-26(30)29(27(31)34-24)16-19-11-9-18(2)10-12-19/h4-15H,3,16-17H2,1-2H3/b24-15-. The molecule has 1 heterocycles. The molecule has 1 aliphatic rings. The monoisotopic (exact) mass is 493 g/mol. The molecule has 1 saturated heterocycles. The summed E-state index contributed by atoms with van der Waals surface area (Å²) in [7, 11) is 0. The van der Waals surface area contributed by atoms with E-state index in [1.54, 1.807) is 18.2 Å². The summed E-state index contributed by atoms with van der Waals surface area (Å²) in [6.07, 6.45) is 1.66. The van der Waals surface area contributed by atoms with E-state index in [4.69, 9.17) is 21.1 Å². The van der Waals surface area contributed by atoms with E-state index in [1.807, 2.05) is 68.4 Å². The van der Waals surface area contributed by atoms with Gasteiger partial charge in [-0.3, -0.25) is 14.5 Å². The van der Waals surface area contributed by atoms with Crippen molar-refractivity contribution in [3.8, 4) is 11.5 Å². The molecule has 0 N–H and O–H groups in total. The maximum absolute atomic E-state index is 12.9. The van der Waals surface area contributed by atoms with Crippen molar-refractivity contribution in [2.75, 3.05) is 6.61 Å². The van der Waals surface area contributed by atoms with E-state index >= 15 is 0 Å². The molecule has 7 heteroatoms. The van der Waals surface area contributed by atoms with Gasteiger partial charge in [0.05, 0.1) is 23.1 Å². The van der Waals surface area contributed by atoms with Gasteiger partial charge in [0, 0.05) is 0 Å². The predicted octanol–water partition coefficient (Wildman–Crippen LogP) is 6.86. The van der Waals surface area contributed by atoms with Crippen LogP contribution in [0.1, 0.15) is 29.2 Å². The Morgan fingerprint density at radius 3 is 2.41 bits per heavy atom. The maximum atomic E-state index is 12.9. The number of aryl methyl sites for hydroxylation is 1. The van der Waals surface area contributed by atoms with E-state index < -0.39 is 0 Å². The molecule has 1 aliphatic heterocycles. The molecule has 0 bridgehead atoms. The molecule has 0 atom stereocenters. The third-order valence-electron chi connectivity index (χ3n) is 5.19. The molecule has 4 rings (SSSR count). The third-order valence-corrected chi connectivity index (χ3v) is 6.38. The van der Waals surface area contributed by atoms with E-state index in [-0.39, 0.29) is 17.7 Å². The Kier molecular flexibility index (Phi) is 7.60. The molecule has 3 aromatic rings. The number of rotatable bonds is 8. The fourth-order valence-electron chi connectivity index (χ4n) is 3.47. The molecule has 0 unspecified atom stereocenters. The van der Waals surface area contributed by atoms with Gasteiger partial charge in [0.25, 0.3) is 11.1 Å². The average Bonchev–Trinajstić information content (AvgIpc) is 3.08. The van der Waals surface area contributed by atoms with Crippen LogP contribution in [0.2, 0.25) is 5.02 Å². The first-order valence-corrected chi connectivity index (χ1v) is 12.1. The number of benzene rings is 3. The van der Waals surface area contributed by atoms with Gasteiger partial charge in [-0.05, 0) is 60.5 Å². The van der Waals surface area contributed by atoms with E-state index in [2.05, 4.69) is 0 Å². The van der Waals surface area contributed by atoms with Crippen LogP contribution in [0, 0.1) is 6.92 Å². The molecule has 3 aromatic carbocycles. The number of thioether (sulfide) groups is 1. The number of hydrogen-bond donors (Lipinski definition) is 0. The summed E-state index contributed by atoms with van der Waals surface area (Å²) >= 11 is 7.45. The van der Waals surface area contributed by atoms with Crippen molar-refractivity contribution >= 4 is 40.6 Å². The minimum absolute atomic E-state index is 0.236. The first-order valence-electron chi connectivity index (χ1n) is 10.9. The van der Waals surface area contributed by atoms with E-state index in [9.17, 15) is 9.59 Å². The summed E-state index contributed by atoms with van der Waals surface area (Å²) in [6.45, 7) is 4.87. The molecule has 34 heavy (non-hydrogen) atoms. The highest BCUT2D eigenvalue weighted by atomic mass is 35.5. The van der Waals surface area contributed by atoms with Crippen molar-refractivity contribution in [2.45, 2.75) is 27.0 Å². The minimum atomic E-state index is -0.325. The van der Waals surface area contributed by atoms with Crippen molar-refractivity contribution in [1.29, 1.82) is 0 Å². The Labute approximate surface area is 208 Å². The highest BCUT2D eigenvalue weighted by Gasteiger charge is 2.35. The van der Waals surface area contributed by atoms with Gasteiger partial charge in [0.15, 0.2) is 11.5 Å². The van der Waals surface area contributed by atoms with E-state index in [0.29, 0.717) is 40.2 Å². The van der Waals surface area contributed by atoms with Crippen LogP contribution in [-0.2, 0) is 17.9 Å². The highest BCUT2D eigenvalue weighted by Crippen LogP contribution is 2.39. The number of carbonyl (C=O) groups is 2. The lowest BCUT2D eigenvalue weighted by atomic mass is 10.1. The minimum Gasteiger partial charge on any atom is -0.490 e. The smallest absolute Gasteiger partial charge is 0.293 e. The van der Waals surface area contributed by atoms with Gasteiger partial charge >= 0.3 is 0 Å². The Morgan fingerprint density at radius 2 is 1.71 bits per heavy atom. The van der Waals surface area contributed by atoms with Crippen molar-refractivity contribution in [3.63, 3.8) is 0 Å². The number of halogens is 1. The second kappa shape index (κ2) is 10.8. The van der Waals surface area contributed by atoms with Crippen LogP contribution < -0.4 is 9.47 Å². The van der Waals surface area contributed by atoms with Gasteiger partial charge in [-0.25, -0.2) is 0 Å². The van der Waals surface area contributed by atoms with Gasteiger partial charge in [0.1, 0.15) is 6.61 Å². The van der Waals surface area contributed by atoms with Crippen LogP contribution in [0.4, 0.5) is 4.79 Å². The predicted molar refractivity (Wildman–Crippen MR) is 136 cm³/mol. The molecule has 2 amide bonds. The van der Waals surface area contributed by atoms with Crippen molar-refractivity contribution in [2.24, 2.45) is 0 Å². The summed E-state index contributed by atoms with van der Waals surface area (Å²) < 4.78 is 11.7. The summed E-state index contributed by atoms with van der Waals surface area (Å²) in [5, 5.41) is 0.0720. The topological polar surface area (TPSA) is 55.8 Å². The van der Waals surface area contributed by atoms with Crippen LogP contribution in [0.15, 0.2) is 71.6 Å². The summed E-state index contributed by atoms with van der Waals surface area (Å²) in [4.78, 5) is 27.1. The second-order valence-corrected chi connectivity index (χ2v) is 9.19. The molecule has 0 spiro atoms. The van der Waals surface area contributed by atoms with E-state index in [1.165, 1.54) is 4.90 Å². The first kappa shape index (κ1) is 23.9. The second-order valence-electron chi connectivity index (χ2n) is 7.79. The number of nitrogens with zero attached hydrogens (tertiary/aromatic N) is 1. The molecule has 5 nitrogen and oxygen atoms in total. The number of imide groups is 1. The Bertz CT molecular complexity index is 1230. The zero-order valence-electron chi connectivity index (χ0n) is 18.9. The summed E-state index contributed by atoms with van der Waals surface area (Å²) in [6, 6.07) is 21.0. The molecule has 0 aliphatic carbocycles. The quantitative estimate of drug-likeness (QED) is 0.321. The molecule has 1 fully saturated rings. The fraction of sp³-hybridized carbons (Fsp3) is 0.185. The number of carbonyl (C=O) groups excluding carboxylic acids is 2. The molecule has 0 aromatic heterocycles. The maximum Gasteiger partial charge on any atom is 0.293 e. The van der Waals surface area contributed by atoms with Gasteiger partial charge in [-0.2, -0.15) is 0 Å². The Hall–Kier alpha value is -3.22. The first-order chi connectivity index (χ1) is 16.4. The van der Waals surface area contributed by atoms with Gasteiger partial charge < -0.3 is 9.47 Å². The van der Waals surface area contributed by atoms with Crippen LogP contribution >= 0.6 is 23.4 Å². The molecule has 174 valence electrons. The number of ether oxygens (including phenoxy) is 2. The van der Waals surface area contributed by atoms with Gasteiger partial charge in [0.2, 0.25) is 0 Å². The molecular weight excluding hydrogens is 470 g/mol. The van der Waals surface area contributed by atoms with Gasteiger partial charge in [-0.1, -0.05) is 71.8 Å². The largest absolute Gasteiger partial charge is 0.490 e. The van der Waals surface area contributed by atoms with Crippen molar-refractivity contribution in [3.05, 3.63) is 98.9 Å².